The summed E-state index contributed by atoms with van der Waals surface area (Å²) in [6.07, 6.45) is 0. The van der Waals surface area contributed by atoms with E-state index in [9.17, 15) is 0 Å². The number of hydrogen-bond acceptors (Lipinski definition) is 2. The van der Waals surface area contributed by atoms with Crippen LogP contribution in [0.25, 0.3) is 0 Å². The van der Waals surface area contributed by atoms with Crippen LogP contribution >= 0.6 is 12.2 Å². The van der Waals surface area contributed by atoms with Gasteiger partial charge in [-0.1, -0.05) is 13.8 Å². The minimum atomic E-state index is 0.762. The second-order valence-corrected chi connectivity index (χ2v) is 4.62. The van der Waals surface area contributed by atoms with Crippen molar-refractivity contribution in [3.05, 3.63) is 0 Å². The van der Waals surface area contributed by atoms with Crippen molar-refractivity contribution in [2.75, 3.05) is 39.8 Å². The molecule has 1 saturated heterocycles. The predicted molar refractivity (Wildman–Crippen MR) is 64.5 cm³/mol. The Bertz CT molecular complexity index is 186. The zero-order valence-electron chi connectivity index (χ0n) is 9.42. The van der Waals surface area contributed by atoms with E-state index in [-0.39, 0.29) is 0 Å². The first-order chi connectivity index (χ1) is 6.63. The molecule has 14 heavy (non-hydrogen) atoms. The molecule has 1 aliphatic rings. The van der Waals surface area contributed by atoms with Gasteiger partial charge in [-0.2, -0.15) is 0 Å². The fourth-order valence-electron chi connectivity index (χ4n) is 1.81. The van der Waals surface area contributed by atoms with E-state index in [0.717, 1.165) is 37.2 Å². The normalized spacial score (nSPS) is 18.7. The van der Waals surface area contributed by atoms with Gasteiger partial charge in [-0.3, -0.25) is 4.90 Å². The fourth-order valence-corrected chi connectivity index (χ4v) is 1.99. The molecule has 1 aliphatic heterocycles. The maximum atomic E-state index is 5.20. The number of piperazine rings is 1. The summed E-state index contributed by atoms with van der Waals surface area (Å²) >= 11 is 5.20. The molecule has 3 nitrogen and oxygen atoms in total. The van der Waals surface area contributed by atoms with Crippen LogP contribution in [0.15, 0.2) is 0 Å². The van der Waals surface area contributed by atoms with E-state index in [2.05, 4.69) is 29.0 Å². The average Bonchev–Trinajstić information content (AvgIpc) is 2.17. The van der Waals surface area contributed by atoms with Crippen LogP contribution in [0.5, 0.6) is 0 Å². The van der Waals surface area contributed by atoms with Crippen molar-refractivity contribution in [1.29, 1.82) is 0 Å². The third-order valence-corrected chi connectivity index (χ3v) is 2.96. The molecule has 1 N–H and O–H groups in total. The molecule has 0 spiro atoms. The van der Waals surface area contributed by atoms with Gasteiger partial charge in [0.15, 0.2) is 5.11 Å². The molecule has 82 valence electrons. The maximum absolute atomic E-state index is 5.20. The zero-order valence-corrected chi connectivity index (χ0v) is 10.2. The molecule has 1 rings (SSSR count). The summed E-state index contributed by atoms with van der Waals surface area (Å²) in [6.45, 7) is 10.1. The highest BCUT2D eigenvalue weighted by Gasteiger charge is 2.18. The van der Waals surface area contributed by atoms with Crippen molar-refractivity contribution in [1.82, 2.24) is 15.1 Å². The van der Waals surface area contributed by atoms with E-state index in [1.165, 1.54) is 6.54 Å². The summed E-state index contributed by atoms with van der Waals surface area (Å²) in [5.74, 6) is 0.762. The summed E-state index contributed by atoms with van der Waals surface area (Å²) in [7, 11) is 1.89. The van der Waals surface area contributed by atoms with E-state index >= 15 is 0 Å². The lowest BCUT2D eigenvalue weighted by Crippen LogP contribution is -2.51. The molecule has 0 amide bonds. The van der Waals surface area contributed by atoms with Gasteiger partial charge in [-0.25, -0.2) is 0 Å². The lowest BCUT2D eigenvalue weighted by molar-refractivity contribution is 0.166. The molecule has 0 aromatic carbocycles. The lowest BCUT2D eigenvalue weighted by atomic mass is 10.2. The van der Waals surface area contributed by atoms with Gasteiger partial charge in [-0.15, -0.1) is 0 Å². The molecule has 0 aromatic rings. The second-order valence-electron chi connectivity index (χ2n) is 4.24. The van der Waals surface area contributed by atoms with Crippen molar-refractivity contribution < 1.29 is 0 Å². The Labute approximate surface area is 92.4 Å². The Morgan fingerprint density at radius 2 is 1.86 bits per heavy atom. The van der Waals surface area contributed by atoms with E-state index in [4.69, 9.17) is 12.2 Å². The molecule has 0 unspecified atom stereocenters. The van der Waals surface area contributed by atoms with Crippen molar-refractivity contribution in [3.8, 4) is 0 Å². The molecular formula is C10H21N3S. The third-order valence-electron chi connectivity index (χ3n) is 2.50. The molecule has 0 aliphatic carbocycles. The van der Waals surface area contributed by atoms with Gasteiger partial charge < -0.3 is 10.2 Å². The van der Waals surface area contributed by atoms with Gasteiger partial charge in [0.1, 0.15) is 0 Å². The molecule has 0 atom stereocenters. The standard InChI is InChI=1S/C10H21N3S/c1-9(2)8-12-4-6-13(7-5-12)10(14)11-3/h9H,4-8H2,1-3H3,(H,11,14). The Hall–Kier alpha value is -0.350. The molecule has 1 heterocycles. The van der Waals surface area contributed by atoms with Crippen LogP contribution in [-0.4, -0.2) is 54.7 Å². The minimum absolute atomic E-state index is 0.762. The maximum Gasteiger partial charge on any atom is 0.168 e. The highest BCUT2D eigenvalue weighted by atomic mass is 32.1. The van der Waals surface area contributed by atoms with E-state index in [1.807, 2.05) is 7.05 Å². The van der Waals surface area contributed by atoms with Gasteiger partial charge in [0.25, 0.3) is 0 Å². The number of thiocarbonyl (C=S) groups is 1. The summed E-state index contributed by atoms with van der Waals surface area (Å²) in [6, 6.07) is 0. The number of rotatable bonds is 2. The van der Waals surface area contributed by atoms with Gasteiger partial charge in [0.05, 0.1) is 0 Å². The Morgan fingerprint density at radius 3 is 2.29 bits per heavy atom. The summed E-state index contributed by atoms with van der Waals surface area (Å²) in [5, 5.41) is 3.91. The fraction of sp³-hybridized carbons (Fsp3) is 0.900. The van der Waals surface area contributed by atoms with Crippen LogP contribution < -0.4 is 5.32 Å². The first-order valence-corrected chi connectivity index (χ1v) is 5.73. The molecule has 0 bridgehead atoms. The smallest absolute Gasteiger partial charge is 0.168 e. The third kappa shape index (κ3) is 3.42. The van der Waals surface area contributed by atoms with Crippen molar-refractivity contribution in [2.24, 2.45) is 5.92 Å². The van der Waals surface area contributed by atoms with Crippen molar-refractivity contribution in [2.45, 2.75) is 13.8 Å². The van der Waals surface area contributed by atoms with Gasteiger partial charge in [-0.05, 0) is 18.1 Å². The quantitative estimate of drug-likeness (QED) is 0.685. The molecule has 1 fully saturated rings. The highest BCUT2D eigenvalue weighted by molar-refractivity contribution is 7.80. The van der Waals surface area contributed by atoms with Gasteiger partial charge in [0, 0.05) is 39.8 Å². The summed E-state index contributed by atoms with van der Waals surface area (Å²) < 4.78 is 0. The van der Waals surface area contributed by atoms with Crippen LogP contribution in [0.4, 0.5) is 0 Å². The molecule has 4 heteroatoms. The predicted octanol–water partition coefficient (Wildman–Crippen LogP) is 0.764. The van der Waals surface area contributed by atoms with Gasteiger partial charge in [0.2, 0.25) is 0 Å². The molecule has 0 saturated carbocycles. The van der Waals surface area contributed by atoms with Crippen LogP contribution in [-0.2, 0) is 0 Å². The van der Waals surface area contributed by atoms with Crippen LogP contribution in [0, 0.1) is 5.92 Å². The van der Waals surface area contributed by atoms with Gasteiger partial charge >= 0.3 is 0 Å². The molecule has 0 radical (unpaired) electrons. The monoisotopic (exact) mass is 215 g/mol. The molecular weight excluding hydrogens is 194 g/mol. The SMILES string of the molecule is CNC(=S)N1CCN(CC(C)C)CC1. The zero-order chi connectivity index (χ0) is 10.6. The summed E-state index contributed by atoms with van der Waals surface area (Å²) in [5.41, 5.74) is 0. The van der Waals surface area contributed by atoms with E-state index < -0.39 is 0 Å². The number of nitrogens with one attached hydrogen (secondary N) is 1. The van der Waals surface area contributed by atoms with Crippen molar-refractivity contribution >= 4 is 17.3 Å². The lowest BCUT2D eigenvalue weighted by Gasteiger charge is -2.36. The summed E-state index contributed by atoms with van der Waals surface area (Å²) in [4.78, 5) is 4.76. The molecule has 0 aromatic heterocycles. The largest absolute Gasteiger partial charge is 0.366 e. The first-order valence-electron chi connectivity index (χ1n) is 5.32. The Balaban J connectivity index is 2.27. The topological polar surface area (TPSA) is 18.5 Å². The van der Waals surface area contributed by atoms with Crippen LogP contribution in [0.2, 0.25) is 0 Å². The Morgan fingerprint density at radius 1 is 1.29 bits per heavy atom. The number of nitrogens with zero attached hydrogens (tertiary/aromatic N) is 2. The van der Waals surface area contributed by atoms with E-state index in [0.29, 0.717) is 0 Å². The van der Waals surface area contributed by atoms with Crippen LogP contribution in [0.1, 0.15) is 13.8 Å². The average molecular weight is 215 g/mol. The Kier molecular flexibility index (Phi) is 4.62. The van der Waals surface area contributed by atoms with E-state index in [1.54, 1.807) is 0 Å². The first kappa shape index (κ1) is 11.7. The van der Waals surface area contributed by atoms with Crippen LogP contribution in [0.3, 0.4) is 0 Å². The number of hydrogen-bond donors (Lipinski definition) is 1. The minimum Gasteiger partial charge on any atom is -0.366 e. The highest BCUT2D eigenvalue weighted by Crippen LogP contribution is 2.05. The van der Waals surface area contributed by atoms with Crippen molar-refractivity contribution in [3.63, 3.8) is 0 Å². The second kappa shape index (κ2) is 5.51.